The zero-order chi connectivity index (χ0) is 16.7. The number of carbonyl (C=O) groups is 1. The minimum absolute atomic E-state index is 0.197. The third kappa shape index (κ3) is 5.51. The summed E-state index contributed by atoms with van der Waals surface area (Å²) in [6, 6.07) is 7.68. The molecular weight excluding hydrogens is 330 g/mol. The summed E-state index contributed by atoms with van der Waals surface area (Å²) in [6.07, 6.45) is 1.11. The molecule has 0 spiro atoms. The molecule has 124 valence electrons. The maximum Gasteiger partial charge on any atom is 0.267 e. The summed E-state index contributed by atoms with van der Waals surface area (Å²) in [4.78, 5) is 12.4. The molecule has 0 aliphatic heterocycles. The number of aryl methyl sites for hydroxylation is 1. The van der Waals surface area contributed by atoms with E-state index in [9.17, 15) is 4.79 Å². The van der Waals surface area contributed by atoms with Gasteiger partial charge in [0.05, 0.1) is 0 Å². The molecule has 0 aliphatic carbocycles. The van der Waals surface area contributed by atoms with Gasteiger partial charge >= 0.3 is 0 Å². The predicted octanol–water partition coefficient (Wildman–Crippen LogP) is 4.14. The first-order chi connectivity index (χ1) is 11.1. The van der Waals surface area contributed by atoms with Gasteiger partial charge in [0.1, 0.15) is 5.75 Å². The lowest BCUT2D eigenvalue weighted by atomic mass is 10.2. The van der Waals surface area contributed by atoms with Crippen molar-refractivity contribution in [3.8, 4) is 5.75 Å². The molecule has 7 heteroatoms. The SMILES string of the molecule is CCCSc1nnc(NC(=O)C(CC)Oc2cccc(C)c2)s1. The lowest BCUT2D eigenvalue weighted by Gasteiger charge is -2.16. The largest absolute Gasteiger partial charge is 0.481 e. The molecular formula is C16H21N3O2S2. The van der Waals surface area contributed by atoms with Crippen LogP contribution in [0.4, 0.5) is 5.13 Å². The monoisotopic (exact) mass is 351 g/mol. The number of hydrogen-bond donors (Lipinski definition) is 1. The molecule has 2 aromatic rings. The molecule has 1 atom stereocenters. The molecule has 1 aromatic heterocycles. The zero-order valence-electron chi connectivity index (χ0n) is 13.5. The zero-order valence-corrected chi connectivity index (χ0v) is 15.2. The van der Waals surface area contributed by atoms with Crippen molar-refractivity contribution >= 4 is 34.1 Å². The highest BCUT2D eigenvalue weighted by molar-refractivity contribution is 8.01. The highest BCUT2D eigenvalue weighted by Gasteiger charge is 2.20. The van der Waals surface area contributed by atoms with Crippen LogP contribution in [-0.2, 0) is 4.79 Å². The molecule has 2 rings (SSSR count). The van der Waals surface area contributed by atoms with Crippen molar-refractivity contribution in [1.82, 2.24) is 10.2 Å². The molecule has 5 nitrogen and oxygen atoms in total. The number of nitrogens with one attached hydrogen (secondary N) is 1. The van der Waals surface area contributed by atoms with Crippen molar-refractivity contribution in [1.29, 1.82) is 0 Å². The predicted molar refractivity (Wildman–Crippen MR) is 95.4 cm³/mol. The maximum absolute atomic E-state index is 12.4. The van der Waals surface area contributed by atoms with Crippen molar-refractivity contribution in [3.05, 3.63) is 29.8 Å². The minimum Gasteiger partial charge on any atom is -0.481 e. The molecule has 1 amide bonds. The van der Waals surface area contributed by atoms with Gasteiger partial charge in [-0.1, -0.05) is 49.1 Å². The third-order valence-corrected chi connectivity index (χ3v) is 5.18. The number of nitrogens with zero attached hydrogens (tertiary/aromatic N) is 2. The molecule has 1 unspecified atom stereocenters. The minimum atomic E-state index is -0.549. The van der Waals surface area contributed by atoms with Crippen molar-refractivity contribution in [2.45, 2.75) is 44.1 Å². The van der Waals surface area contributed by atoms with Crippen LogP contribution in [0.25, 0.3) is 0 Å². The smallest absolute Gasteiger partial charge is 0.267 e. The van der Waals surface area contributed by atoms with Gasteiger partial charge in [-0.15, -0.1) is 10.2 Å². The van der Waals surface area contributed by atoms with Crippen molar-refractivity contribution in [3.63, 3.8) is 0 Å². The van der Waals surface area contributed by atoms with Gasteiger partial charge in [0, 0.05) is 5.75 Å². The lowest BCUT2D eigenvalue weighted by molar-refractivity contribution is -0.122. The van der Waals surface area contributed by atoms with Gasteiger partial charge in [-0.05, 0) is 37.5 Å². The molecule has 0 saturated heterocycles. The van der Waals surface area contributed by atoms with Crippen LogP contribution in [0.1, 0.15) is 32.3 Å². The molecule has 1 N–H and O–H groups in total. The normalized spacial score (nSPS) is 12.0. The van der Waals surface area contributed by atoms with Crippen molar-refractivity contribution in [2.75, 3.05) is 11.1 Å². The quantitative estimate of drug-likeness (QED) is 0.572. The summed E-state index contributed by atoms with van der Waals surface area (Å²) in [6.45, 7) is 6.03. The van der Waals surface area contributed by atoms with E-state index in [4.69, 9.17) is 4.74 Å². The molecule has 0 aliphatic rings. The number of rotatable bonds is 8. The second kappa shape index (κ2) is 8.88. The summed E-state index contributed by atoms with van der Waals surface area (Å²) >= 11 is 3.04. The summed E-state index contributed by atoms with van der Waals surface area (Å²) in [5, 5.41) is 11.4. The Bertz CT molecular complexity index is 646. The van der Waals surface area contributed by atoms with Gasteiger partial charge in [0.25, 0.3) is 5.91 Å². The van der Waals surface area contributed by atoms with Crippen LogP contribution >= 0.6 is 23.1 Å². The number of aromatic nitrogens is 2. The van der Waals surface area contributed by atoms with Crippen LogP contribution in [0.5, 0.6) is 5.75 Å². The van der Waals surface area contributed by atoms with Gasteiger partial charge in [0.15, 0.2) is 10.4 Å². The summed E-state index contributed by atoms with van der Waals surface area (Å²) in [7, 11) is 0. The standard InChI is InChI=1S/C16H21N3O2S2/c1-4-9-22-16-19-18-15(23-16)17-14(20)13(5-2)21-12-8-6-7-11(3)10-12/h6-8,10,13H,4-5,9H2,1-3H3,(H,17,18,20). The van der Waals surface area contributed by atoms with E-state index >= 15 is 0 Å². The molecule has 1 heterocycles. The van der Waals surface area contributed by atoms with Gasteiger partial charge in [-0.2, -0.15) is 0 Å². The van der Waals surface area contributed by atoms with E-state index in [1.807, 2.05) is 38.1 Å². The molecule has 0 fully saturated rings. The van der Waals surface area contributed by atoms with E-state index in [0.29, 0.717) is 17.3 Å². The fourth-order valence-electron chi connectivity index (χ4n) is 1.87. The van der Waals surface area contributed by atoms with E-state index in [0.717, 1.165) is 22.1 Å². The van der Waals surface area contributed by atoms with Crippen LogP contribution in [0.3, 0.4) is 0 Å². The van der Waals surface area contributed by atoms with E-state index in [1.54, 1.807) is 11.8 Å². The van der Waals surface area contributed by atoms with E-state index in [2.05, 4.69) is 22.4 Å². The van der Waals surface area contributed by atoms with E-state index < -0.39 is 6.10 Å². The Morgan fingerprint density at radius 3 is 2.91 bits per heavy atom. The van der Waals surface area contributed by atoms with Gasteiger partial charge < -0.3 is 4.74 Å². The summed E-state index contributed by atoms with van der Waals surface area (Å²) < 4.78 is 6.66. The van der Waals surface area contributed by atoms with Crippen LogP contribution in [0.2, 0.25) is 0 Å². The summed E-state index contributed by atoms with van der Waals surface area (Å²) in [5.74, 6) is 1.50. The first-order valence-corrected chi connectivity index (χ1v) is 9.43. The van der Waals surface area contributed by atoms with Crippen molar-refractivity contribution < 1.29 is 9.53 Å². The molecule has 1 aromatic carbocycles. The van der Waals surface area contributed by atoms with Crippen LogP contribution in [0, 0.1) is 6.92 Å². The average Bonchev–Trinajstić information content (AvgIpc) is 2.98. The van der Waals surface area contributed by atoms with Crippen LogP contribution < -0.4 is 10.1 Å². The van der Waals surface area contributed by atoms with Crippen molar-refractivity contribution in [2.24, 2.45) is 0 Å². The Morgan fingerprint density at radius 1 is 1.39 bits per heavy atom. The van der Waals surface area contributed by atoms with E-state index in [-0.39, 0.29) is 5.91 Å². The molecule has 0 bridgehead atoms. The van der Waals surface area contributed by atoms with Crippen LogP contribution in [0.15, 0.2) is 28.6 Å². The van der Waals surface area contributed by atoms with E-state index in [1.165, 1.54) is 11.3 Å². The Morgan fingerprint density at radius 2 is 2.22 bits per heavy atom. The number of anilines is 1. The second-order valence-corrected chi connectivity index (χ2v) is 7.36. The fraction of sp³-hybridized carbons (Fsp3) is 0.438. The van der Waals surface area contributed by atoms with Gasteiger partial charge in [-0.3, -0.25) is 10.1 Å². The Hall–Kier alpha value is -1.60. The number of thioether (sulfide) groups is 1. The lowest BCUT2D eigenvalue weighted by Crippen LogP contribution is -2.32. The Balaban J connectivity index is 1.95. The molecule has 23 heavy (non-hydrogen) atoms. The Labute approximate surface area is 144 Å². The highest BCUT2D eigenvalue weighted by atomic mass is 32.2. The third-order valence-electron chi connectivity index (χ3n) is 3.00. The number of benzene rings is 1. The van der Waals surface area contributed by atoms with Gasteiger partial charge in [-0.25, -0.2) is 0 Å². The molecule has 0 saturated carbocycles. The fourth-order valence-corrected chi connectivity index (χ4v) is 3.55. The first kappa shape index (κ1) is 17.7. The topological polar surface area (TPSA) is 64.1 Å². The number of hydrogen-bond acceptors (Lipinski definition) is 6. The second-order valence-electron chi connectivity index (χ2n) is 5.04. The highest BCUT2D eigenvalue weighted by Crippen LogP contribution is 2.26. The maximum atomic E-state index is 12.4. The van der Waals surface area contributed by atoms with Crippen LogP contribution in [-0.4, -0.2) is 28.0 Å². The Kier molecular flexibility index (Phi) is 6.85. The number of ether oxygens (including phenoxy) is 1. The van der Waals surface area contributed by atoms with Gasteiger partial charge in [0.2, 0.25) is 5.13 Å². The first-order valence-electron chi connectivity index (χ1n) is 7.62. The average molecular weight is 351 g/mol. The number of carbonyl (C=O) groups excluding carboxylic acids is 1. The molecule has 0 radical (unpaired) electrons. The number of amides is 1. The summed E-state index contributed by atoms with van der Waals surface area (Å²) in [5.41, 5.74) is 1.10.